The minimum atomic E-state index is -4.17. The molecule has 0 aliphatic carbocycles. The van der Waals surface area contributed by atoms with Crippen LogP contribution >= 0.6 is 0 Å². The van der Waals surface area contributed by atoms with Gasteiger partial charge in [0.1, 0.15) is 10.7 Å². The first-order valence-corrected chi connectivity index (χ1v) is 14.9. The predicted molar refractivity (Wildman–Crippen MR) is 155 cm³/mol. The van der Waals surface area contributed by atoms with Crippen molar-refractivity contribution >= 4 is 16.0 Å². The third kappa shape index (κ3) is 9.23. The molecule has 0 heterocycles. The largest absolute Gasteiger partial charge is 0.481 e. The molecule has 0 aliphatic rings. The van der Waals surface area contributed by atoms with Crippen LogP contribution in [0.3, 0.4) is 0 Å². The number of β-amino-alcohol motifs (C(OH)–C–C–N with tert-alkyl or cyclic N) is 1. The van der Waals surface area contributed by atoms with Crippen LogP contribution in [0.1, 0.15) is 44.2 Å². The molecule has 0 bridgehead atoms. The van der Waals surface area contributed by atoms with Crippen LogP contribution in [-0.2, 0) is 27.7 Å². The molecule has 0 spiro atoms. The minimum Gasteiger partial charge on any atom is -0.481 e. The number of nitrogens with zero attached hydrogens (tertiary/aromatic N) is 1. The predicted octanol–water partition coefficient (Wildman–Crippen LogP) is 4.88. The molecule has 3 N–H and O–H groups in total. The van der Waals surface area contributed by atoms with Crippen LogP contribution in [0.5, 0.6) is 0 Å². The second kappa shape index (κ2) is 14.0. The Labute approximate surface area is 236 Å². The third-order valence-corrected chi connectivity index (χ3v) is 8.79. The van der Waals surface area contributed by atoms with Gasteiger partial charge in [-0.25, -0.2) is 12.8 Å². The number of aliphatic carboxylic acids is 1. The van der Waals surface area contributed by atoms with Gasteiger partial charge in [0.05, 0.1) is 6.10 Å². The van der Waals surface area contributed by atoms with Crippen LogP contribution in [0.2, 0.25) is 0 Å². The lowest BCUT2D eigenvalue weighted by molar-refractivity contribution is -0.136. The van der Waals surface area contributed by atoms with Crippen molar-refractivity contribution in [1.29, 1.82) is 0 Å². The Balaban J connectivity index is 1.55. The zero-order valence-corrected chi connectivity index (χ0v) is 24.1. The number of rotatable bonds is 15. The number of likely N-dealkylation sites (N-methyl/N-ethyl adjacent to an activating group) is 1. The molecule has 0 saturated heterocycles. The van der Waals surface area contributed by atoms with Crippen LogP contribution in [0.4, 0.5) is 4.39 Å². The van der Waals surface area contributed by atoms with Crippen molar-refractivity contribution < 1.29 is 27.8 Å². The normalized spacial score (nSPS) is 12.9. The van der Waals surface area contributed by atoms with Crippen LogP contribution in [0.25, 0.3) is 11.1 Å². The molecule has 0 saturated carbocycles. The smallest absolute Gasteiger partial charge is 0.303 e. The molecule has 3 aromatic carbocycles. The number of carbonyl (C=O) groups is 1. The SMILES string of the molecule is CN(CC(O)CNC(C)(C)CCCc1ccccc1)S(=O)(=O)c1ccc(-c2ccc(CCC(=O)O)cc2)cc1F. The molecular weight excluding hydrogens is 531 g/mol. The molecule has 0 aliphatic heterocycles. The van der Waals surface area contributed by atoms with Gasteiger partial charge >= 0.3 is 5.97 Å². The molecule has 1 atom stereocenters. The Hall–Kier alpha value is -3.11. The zero-order valence-electron chi connectivity index (χ0n) is 23.3. The summed E-state index contributed by atoms with van der Waals surface area (Å²) in [6.07, 6.45) is 2.24. The average molecular weight is 571 g/mol. The Kier molecular flexibility index (Phi) is 11.0. The van der Waals surface area contributed by atoms with Gasteiger partial charge in [0, 0.05) is 32.1 Å². The fourth-order valence-electron chi connectivity index (χ4n) is 4.49. The first kappa shape index (κ1) is 31.4. The summed E-state index contributed by atoms with van der Waals surface area (Å²) in [5, 5.41) is 22.7. The molecule has 0 radical (unpaired) electrons. The Bertz CT molecular complexity index is 1360. The standard InChI is InChI=1S/C31H39FN2O5S/c1-31(2,19-7-10-23-8-5-4-6-9-23)33-21-27(35)22-34(3)40(38,39)29-17-16-26(20-28(29)32)25-14-11-24(12-15-25)13-18-30(36)37/h4-6,8-9,11-12,14-17,20,27,33,35H,7,10,13,18-19,21-22H2,1-3H3,(H,36,37). The molecule has 216 valence electrons. The van der Waals surface area contributed by atoms with E-state index >= 15 is 4.39 Å². The second-order valence-electron chi connectivity index (χ2n) is 10.8. The number of carboxylic acids is 1. The molecule has 1 unspecified atom stereocenters. The molecule has 0 aromatic heterocycles. The molecule has 0 fully saturated rings. The first-order chi connectivity index (χ1) is 18.9. The number of carboxylic acid groups (broad SMARTS) is 1. The van der Waals surface area contributed by atoms with Gasteiger partial charge in [-0.2, -0.15) is 4.31 Å². The van der Waals surface area contributed by atoms with Gasteiger partial charge in [-0.15, -0.1) is 0 Å². The summed E-state index contributed by atoms with van der Waals surface area (Å²) < 4.78 is 42.2. The van der Waals surface area contributed by atoms with E-state index in [1.54, 1.807) is 24.3 Å². The van der Waals surface area contributed by atoms with E-state index in [1.807, 2.05) is 32.0 Å². The van der Waals surface area contributed by atoms with Crippen molar-refractivity contribution in [1.82, 2.24) is 9.62 Å². The monoisotopic (exact) mass is 570 g/mol. The fraction of sp³-hybridized carbons (Fsp3) is 0.387. The summed E-state index contributed by atoms with van der Waals surface area (Å²) in [5.74, 6) is -1.76. The molecule has 7 nitrogen and oxygen atoms in total. The zero-order chi connectivity index (χ0) is 29.3. The lowest BCUT2D eigenvalue weighted by atomic mass is 9.95. The Morgan fingerprint density at radius 3 is 2.23 bits per heavy atom. The molecular formula is C31H39FN2O5S. The van der Waals surface area contributed by atoms with E-state index in [4.69, 9.17) is 5.11 Å². The maximum Gasteiger partial charge on any atom is 0.303 e. The summed E-state index contributed by atoms with van der Waals surface area (Å²) in [4.78, 5) is 10.3. The van der Waals surface area contributed by atoms with E-state index in [-0.39, 0.29) is 25.0 Å². The summed E-state index contributed by atoms with van der Waals surface area (Å²) in [7, 11) is -2.84. The number of hydrogen-bond donors (Lipinski definition) is 3. The van der Waals surface area contributed by atoms with Gasteiger partial charge in [0.2, 0.25) is 10.0 Å². The number of benzene rings is 3. The van der Waals surface area contributed by atoms with E-state index in [0.29, 0.717) is 17.5 Å². The van der Waals surface area contributed by atoms with Crippen LogP contribution in [0, 0.1) is 5.82 Å². The maximum atomic E-state index is 15.0. The summed E-state index contributed by atoms with van der Waals surface area (Å²) >= 11 is 0. The molecule has 40 heavy (non-hydrogen) atoms. The number of halogens is 1. The number of aliphatic hydroxyl groups is 1. The quantitative estimate of drug-likeness (QED) is 0.240. The lowest BCUT2D eigenvalue weighted by Crippen LogP contribution is -2.46. The number of aryl methyl sites for hydroxylation is 2. The summed E-state index contributed by atoms with van der Waals surface area (Å²) in [6.45, 7) is 4.11. The number of sulfonamides is 1. The van der Waals surface area contributed by atoms with Crippen molar-refractivity contribution in [2.75, 3.05) is 20.1 Å². The molecule has 9 heteroatoms. The van der Waals surface area contributed by atoms with E-state index in [1.165, 1.54) is 30.8 Å². The topological polar surface area (TPSA) is 107 Å². The van der Waals surface area contributed by atoms with Gasteiger partial charge in [-0.05, 0) is 73.9 Å². The highest BCUT2D eigenvalue weighted by Crippen LogP contribution is 2.26. The first-order valence-electron chi connectivity index (χ1n) is 13.4. The minimum absolute atomic E-state index is 0.0192. The molecule has 3 aromatic rings. The van der Waals surface area contributed by atoms with Crippen LogP contribution in [0.15, 0.2) is 77.7 Å². The van der Waals surface area contributed by atoms with Crippen LogP contribution in [-0.4, -0.2) is 60.7 Å². The molecule has 3 rings (SSSR count). The van der Waals surface area contributed by atoms with Crippen molar-refractivity contribution in [2.45, 2.75) is 62.5 Å². The highest BCUT2D eigenvalue weighted by molar-refractivity contribution is 7.89. The van der Waals surface area contributed by atoms with Gasteiger partial charge in [-0.1, -0.05) is 60.7 Å². The molecule has 0 amide bonds. The third-order valence-electron chi connectivity index (χ3n) is 6.93. The van der Waals surface area contributed by atoms with Gasteiger partial charge < -0.3 is 15.5 Å². The van der Waals surface area contributed by atoms with Crippen molar-refractivity contribution in [3.63, 3.8) is 0 Å². The Morgan fingerprint density at radius 1 is 0.975 bits per heavy atom. The highest BCUT2D eigenvalue weighted by Gasteiger charge is 2.27. The van der Waals surface area contributed by atoms with Gasteiger partial charge in [-0.3, -0.25) is 4.79 Å². The number of hydrogen-bond acceptors (Lipinski definition) is 5. The van der Waals surface area contributed by atoms with Crippen molar-refractivity contribution in [3.05, 3.63) is 89.7 Å². The average Bonchev–Trinajstić information content (AvgIpc) is 2.91. The summed E-state index contributed by atoms with van der Waals surface area (Å²) in [5.41, 5.74) is 3.06. The maximum absolute atomic E-state index is 15.0. The van der Waals surface area contributed by atoms with E-state index in [0.717, 1.165) is 29.1 Å². The number of nitrogens with one attached hydrogen (secondary N) is 1. The number of aliphatic hydroxyl groups excluding tert-OH is 1. The van der Waals surface area contributed by atoms with Crippen LogP contribution < -0.4 is 5.32 Å². The second-order valence-corrected chi connectivity index (χ2v) is 12.8. The van der Waals surface area contributed by atoms with Gasteiger partial charge in [0.25, 0.3) is 0 Å². The fourth-order valence-corrected chi connectivity index (χ4v) is 5.74. The van der Waals surface area contributed by atoms with E-state index in [9.17, 15) is 18.3 Å². The Morgan fingerprint density at radius 2 is 1.60 bits per heavy atom. The van der Waals surface area contributed by atoms with Crippen molar-refractivity contribution in [2.24, 2.45) is 0 Å². The summed E-state index contributed by atoms with van der Waals surface area (Å²) in [6, 6.07) is 21.2. The van der Waals surface area contributed by atoms with E-state index < -0.39 is 32.8 Å². The highest BCUT2D eigenvalue weighted by atomic mass is 32.2. The van der Waals surface area contributed by atoms with Gasteiger partial charge in [0.15, 0.2) is 0 Å². The lowest BCUT2D eigenvalue weighted by Gasteiger charge is -2.29. The van der Waals surface area contributed by atoms with Crippen molar-refractivity contribution in [3.8, 4) is 11.1 Å². The van der Waals surface area contributed by atoms with E-state index in [2.05, 4.69) is 17.4 Å².